The van der Waals surface area contributed by atoms with Crippen molar-refractivity contribution in [3.63, 3.8) is 0 Å². The summed E-state index contributed by atoms with van der Waals surface area (Å²) in [6.45, 7) is 5.45. The van der Waals surface area contributed by atoms with Crippen molar-refractivity contribution < 1.29 is 0 Å². The van der Waals surface area contributed by atoms with Crippen molar-refractivity contribution in [1.29, 1.82) is 0 Å². The maximum absolute atomic E-state index is 4.11. The van der Waals surface area contributed by atoms with E-state index >= 15 is 0 Å². The summed E-state index contributed by atoms with van der Waals surface area (Å²) in [5.41, 5.74) is 3.48. The number of nitrogens with zero attached hydrogens (tertiary/aromatic N) is 2. The van der Waals surface area contributed by atoms with Crippen LogP contribution in [0.1, 0.15) is 11.1 Å². The van der Waals surface area contributed by atoms with Crippen LogP contribution in [-0.2, 0) is 13.0 Å². The van der Waals surface area contributed by atoms with Crippen molar-refractivity contribution in [2.75, 3.05) is 6.54 Å². The number of hydrogen-bond donors (Lipinski definition) is 1. The van der Waals surface area contributed by atoms with Gasteiger partial charge in [-0.2, -0.15) is 0 Å². The normalized spacial score (nSPS) is 15.3. The summed E-state index contributed by atoms with van der Waals surface area (Å²) in [5, 5.41) is 3.30. The van der Waals surface area contributed by atoms with Crippen LogP contribution in [0.15, 0.2) is 17.4 Å². The number of fused-ring (bicyclic) bond motifs is 1. The number of hydrogen-bond acceptors (Lipinski definition) is 3. The fourth-order valence-corrected chi connectivity index (χ4v) is 1.51. The number of pyridine rings is 1. The van der Waals surface area contributed by atoms with Gasteiger partial charge in [0.25, 0.3) is 0 Å². The smallest absolute Gasteiger partial charge is 0.0853 e. The molecule has 2 heterocycles. The van der Waals surface area contributed by atoms with Crippen molar-refractivity contribution in [2.24, 2.45) is 4.99 Å². The Morgan fingerprint density at radius 3 is 3.25 bits per heavy atom. The molecule has 0 bridgehead atoms. The lowest BCUT2D eigenvalue weighted by molar-refractivity contribution is 0.642. The van der Waals surface area contributed by atoms with Crippen LogP contribution in [0.2, 0.25) is 0 Å². The minimum Gasteiger partial charge on any atom is -0.312 e. The van der Waals surface area contributed by atoms with E-state index < -0.39 is 0 Å². The average molecular weight is 161 g/mol. The Bertz CT molecular complexity index is 307. The molecule has 0 unspecified atom stereocenters. The Labute approximate surface area is 71.6 Å². The van der Waals surface area contributed by atoms with Gasteiger partial charge >= 0.3 is 0 Å². The summed E-state index contributed by atoms with van der Waals surface area (Å²) in [7, 11) is 0. The van der Waals surface area contributed by atoms with Gasteiger partial charge in [-0.15, -0.1) is 0 Å². The molecule has 62 valence electrons. The van der Waals surface area contributed by atoms with E-state index in [0.29, 0.717) is 0 Å². The van der Waals surface area contributed by atoms with Crippen LogP contribution in [0.5, 0.6) is 0 Å². The van der Waals surface area contributed by atoms with E-state index in [1.807, 2.05) is 6.20 Å². The Morgan fingerprint density at radius 1 is 1.50 bits per heavy atom. The van der Waals surface area contributed by atoms with Gasteiger partial charge in [0.1, 0.15) is 0 Å². The van der Waals surface area contributed by atoms with E-state index in [2.05, 4.69) is 22.0 Å². The zero-order valence-corrected chi connectivity index (χ0v) is 6.88. The van der Waals surface area contributed by atoms with E-state index in [0.717, 1.165) is 25.2 Å². The number of aromatic nitrogens is 1. The highest BCUT2D eigenvalue weighted by Crippen LogP contribution is 2.23. The van der Waals surface area contributed by atoms with Crippen LogP contribution >= 0.6 is 0 Å². The van der Waals surface area contributed by atoms with Crippen molar-refractivity contribution in [3.05, 3.63) is 23.5 Å². The van der Waals surface area contributed by atoms with Crippen LogP contribution in [0.25, 0.3) is 0 Å². The third-order valence-electron chi connectivity index (χ3n) is 2.17. The molecule has 0 aliphatic carbocycles. The summed E-state index contributed by atoms with van der Waals surface area (Å²) in [4.78, 5) is 8.04. The Hall–Kier alpha value is -1.22. The molecule has 1 N–H and O–H groups in total. The molecule has 0 amide bonds. The maximum Gasteiger partial charge on any atom is 0.0853 e. The first-order valence-corrected chi connectivity index (χ1v) is 4.05. The van der Waals surface area contributed by atoms with E-state index in [4.69, 9.17) is 0 Å². The van der Waals surface area contributed by atoms with Gasteiger partial charge < -0.3 is 5.32 Å². The van der Waals surface area contributed by atoms with Gasteiger partial charge in [0.15, 0.2) is 0 Å². The van der Waals surface area contributed by atoms with Crippen molar-refractivity contribution in [1.82, 2.24) is 10.3 Å². The monoisotopic (exact) mass is 161 g/mol. The second kappa shape index (κ2) is 3.03. The second-order valence-corrected chi connectivity index (χ2v) is 2.88. The van der Waals surface area contributed by atoms with E-state index in [1.54, 1.807) is 6.20 Å². The Morgan fingerprint density at radius 2 is 2.42 bits per heavy atom. The average Bonchev–Trinajstić information content (AvgIpc) is 2.17. The van der Waals surface area contributed by atoms with E-state index in [9.17, 15) is 0 Å². The molecule has 2 rings (SSSR count). The van der Waals surface area contributed by atoms with Crippen molar-refractivity contribution in [3.8, 4) is 0 Å². The minimum atomic E-state index is 0.895. The molecule has 1 aliphatic rings. The Balaban J connectivity index is 2.51. The molecular formula is C9H11N3. The molecule has 0 spiro atoms. The van der Waals surface area contributed by atoms with Crippen LogP contribution in [-0.4, -0.2) is 18.2 Å². The van der Waals surface area contributed by atoms with Gasteiger partial charge in [-0.1, -0.05) is 0 Å². The zero-order valence-electron chi connectivity index (χ0n) is 6.88. The number of aliphatic imine (C=N–C) groups is 1. The largest absolute Gasteiger partial charge is 0.312 e. The molecule has 3 nitrogen and oxygen atoms in total. The minimum absolute atomic E-state index is 0.895. The van der Waals surface area contributed by atoms with Gasteiger partial charge in [-0.05, 0) is 30.8 Å². The SMILES string of the molecule is C=Nc1cncc2c1CNCC2. The van der Waals surface area contributed by atoms with Crippen molar-refractivity contribution >= 4 is 12.4 Å². The quantitative estimate of drug-likeness (QED) is 0.625. The molecule has 12 heavy (non-hydrogen) atoms. The summed E-state index contributed by atoms with van der Waals surface area (Å²) in [6.07, 6.45) is 4.73. The third-order valence-corrected chi connectivity index (χ3v) is 2.17. The van der Waals surface area contributed by atoms with E-state index in [1.165, 1.54) is 11.1 Å². The molecule has 1 aliphatic heterocycles. The van der Waals surface area contributed by atoms with Crippen LogP contribution < -0.4 is 5.32 Å². The predicted octanol–water partition coefficient (Wildman–Crippen LogP) is 1.06. The van der Waals surface area contributed by atoms with E-state index in [-0.39, 0.29) is 0 Å². The summed E-state index contributed by atoms with van der Waals surface area (Å²) in [6, 6.07) is 0. The zero-order chi connectivity index (χ0) is 8.39. The molecule has 0 aromatic carbocycles. The first-order chi connectivity index (χ1) is 5.92. The summed E-state index contributed by atoms with van der Waals surface area (Å²) >= 11 is 0. The number of nitrogens with one attached hydrogen (secondary N) is 1. The highest BCUT2D eigenvalue weighted by molar-refractivity contribution is 5.53. The van der Waals surface area contributed by atoms with Gasteiger partial charge in [0.05, 0.1) is 11.9 Å². The van der Waals surface area contributed by atoms with Gasteiger partial charge in [-0.3, -0.25) is 9.98 Å². The standard InChI is InChI=1S/C9H11N3/c1-10-9-6-12-4-7-2-3-11-5-8(7)9/h4,6,11H,1-3,5H2. The predicted molar refractivity (Wildman–Crippen MR) is 48.9 cm³/mol. The first kappa shape index (κ1) is 7.43. The summed E-state index contributed by atoms with van der Waals surface area (Å²) < 4.78 is 0. The lowest BCUT2D eigenvalue weighted by Crippen LogP contribution is -2.23. The van der Waals surface area contributed by atoms with Crippen LogP contribution in [0.3, 0.4) is 0 Å². The fourth-order valence-electron chi connectivity index (χ4n) is 1.51. The maximum atomic E-state index is 4.11. The van der Waals surface area contributed by atoms with Crippen LogP contribution in [0, 0.1) is 0 Å². The third kappa shape index (κ3) is 1.12. The molecule has 0 saturated heterocycles. The molecule has 3 heteroatoms. The lowest BCUT2D eigenvalue weighted by atomic mass is 10.0. The van der Waals surface area contributed by atoms with Crippen molar-refractivity contribution in [2.45, 2.75) is 13.0 Å². The molecule has 1 aromatic rings. The van der Waals surface area contributed by atoms with Gasteiger partial charge in [0.2, 0.25) is 0 Å². The number of rotatable bonds is 1. The van der Waals surface area contributed by atoms with Gasteiger partial charge in [-0.25, -0.2) is 0 Å². The molecular weight excluding hydrogens is 150 g/mol. The Kier molecular flexibility index (Phi) is 1.87. The highest BCUT2D eigenvalue weighted by Gasteiger charge is 2.11. The van der Waals surface area contributed by atoms with Crippen LogP contribution in [0.4, 0.5) is 5.69 Å². The molecule has 0 radical (unpaired) electrons. The highest BCUT2D eigenvalue weighted by atomic mass is 14.9. The topological polar surface area (TPSA) is 37.3 Å². The second-order valence-electron chi connectivity index (χ2n) is 2.88. The first-order valence-electron chi connectivity index (χ1n) is 4.05. The molecule has 0 fully saturated rings. The van der Waals surface area contributed by atoms with Gasteiger partial charge in [0, 0.05) is 12.7 Å². The molecule has 0 atom stereocenters. The molecule has 1 aromatic heterocycles. The lowest BCUT2D eigenvalue weighted by Gasteiger charge is -2.17. The summed E-state index contributed by atoms with van der Waals surface area (Å²) in [5.74, 6) is 0. The molecule has 0 saturated carbocycles. The fraction of sp³-hybridized carbons (Fsp3) is 0.333.